The van der Waals surface area contributed by atoms with Crippen LogP contribution in [0.25, 0.3) is 0 Å². The van der Waals surface area contributed by atoms with E-state index in [1.807, 2.05) is 24.3 Å². The van der Waals surface area contributed by atoms with Crippen LogP contribution in [0.3, 0.4) is 0 Å². The first-order valence-corrected chi connectivity index (χ1v) is 8.07. The summed E-state index contributed by atoms with van der Waals surface area (Å²) in [6.07, 6.45) is 4.10. The maximum absolute atomic E-state index is 12.5. The van der Waals surface area contributed by atoms with Crippen LogP contribution in [-0.2, 0) is 16.0 Å². The molecule has 122 valence electrons. The first kappa shape index (κ1) is 15.5. The fourth-order valence-electron chi connectivity index (χ4n) is 3.31. The monoisotopic (exact) mass is 315 g/mol. The van der Waals surface area contributed by atoms with Gasteiger partial charge in [-0.25, -0.2) is 4.79 Å². The summed E-state index contributed by atoms with van der Waals surface area (Å²) < 4.78 is 0. The lowest BCUT2D eigenvalue weighted by Gasteiger charge is -2.19. The third-order valence-corrected chi connectivity index (χ3v) is 4.65. The smallest absolute Gasteiger partial charge is 0.325 e. The Balaban J connectivity index is 1.63. The summed E-state index contributed by atoms with van der Waals surface area (Å²) in [4.78, 5) is 37.7. The topological polar surface area (TPSA) is 78.5 Å². The highest BCUT2D eigenvalue weighted by Gasteiger charge is 2.52. The molecule has 1 aliphatic carbocycles. The highest BCUT2D eigenvalue weighted by molar-refractivity contribution is 6.10. The van der Waals surface area contributed by atoms with Crippen LogP contribution in [0, 0.1) is 0 Å². The van der Waals surface area contributed by atoms with E-state index in [-0.39, 0.29) is 18.4 Å². The minimum Gasteiger partial charge on any atom is -0.325 e. The molecule has 1 aromatic carbocycles. The van der Waals surface area contributed by atoms with Crippen molar-refractivity contribution >= 4 is 23.5 Å². The van der Waals surface area contributed by atoms with Gasteiger partial charge in [-0.05, 0) is 37.0 Å². The van der Waals surface area contributed by atoms with E-state index in [0.717, 1.165) is 24.2 Å². The predicted octanol–water partition coefficient (Wildman–Crippen LogP) is 2.05. The number of anilines is 1. The number of nitrogens with one attached hydrogen (secondary N) is 2. The summed E-state index contributed by atoms with van der Waals surface area (Å²) >= 11 is 0. The van der Waals surface area contributed by atoms with Gasteiger partial charge in [0.05, 0.1) is 0 Å². The lowest BCUT2D eigenvalue weighted by Crippen LogP contribution is -2.44. The standard InChI is InChI=1S/C17H21N3O3/c1-2-12-5-7-13(8-6-12)18-14(21)11-20-15(22)17(19-16(20)23)9-3-4-10-17/h5-8H,2-4,9-11H2,1H3,(H,18,21)(H,19,23). The van der Waals surface area contributed by atoms with Crippen LogP contribution < -0.4 is 10.6 Å². The van der Waals surface area contributed by atoms with Crippen molar-refractivity contribution in [3.05, 3.63) is 29.8 Å². The molecule has 23 heavy (non-hydrogen) atoms. The molecule has 4 amide bonds. The number of aryl methyl sites for hydroxylation is 1. The minimum atomic E-state index is -0.764. The third-order valence-electron chi connectivity index (χ3n) is 4.65. The van der Waals surface area contributed by atoms with Crippen molar-refractivity contribution in [1.29, 1.82) is 0 Å². The van der Waals surface area contributed by atoms with Gasteiger partial charge in [-0.2, -0.15) is 0 Å². The average molecular weight is 315 g/mol. The second-order valence-electron chi connectivity index (χ2n) is 6.21. The first-order valence-electron chi connectivity index (χ1n) is 8.07. The van der Waals surface area contributed by atoms with Crippen molar-refractivity contribution in [2.45, 2.75) is 44.6 Å². The number of benzene rings is 1. The maximum Gasteiger partial charge on any atom is 0.325 e. The zero-order valence-electron chi connectivity index (χ0n) is 13.2. The molecule has 2 aliphatic rings. The summed E-state index contributed by atoms with van der Waals surface area (Å²) in [5.41, 5.74) is 1.08. The van der Waals surface area contributed by atoms with Crippen molar-refractivity contribution in [3.63, 3.8) is 0 Å². The average Bonchev–Trinajstić information content (AvgIpc) is 3.09. The molecule has 1 saturated carbocycles. The Morgan fingerprint density at radius 3 is 2.48 bits per heavy atom. The summed E-state index contributed by atoms with van der Waals surface area (Å²) in [6, 6.07) is 7.06. The molecule has 1 heterocycles. The molecule has 2 fully saturated rings. The quantitative estimate of drug-likeness (QED) is 0.835. The lowest BCUT2D eigenvalue weighted by molar-refractivity contribution is -0.133. The summed E-state index contributed by atoms with van der Waals surface area (Å²) in [7, 11) is 0. The Kier molecular flexibility index (Phi) is 4.07. The van der Waals surface area contributed by atoms with Crippen molar-refractivity contribution in [1.82, 2.24) is 10.2 Å². The summed E-state index contributed by atoms with van der Waals surface area (Å²) in [5, 5.41) is 5.50. The van der Waals surface area contributed by atoms with Gasteiger partial charge in [0.1, 0.15) is 12.1 Å². The molecule has 1 aromatic rings. The highest BCUT2D eigenvalue weighted by Crippen LogP contribution is 2.34. The van der Waals surface area contributed by atoms with Crippen molar-refractivity contribution in [3.8, 4) is 0 Å². The van der Waals surface area contributed by atoms with E-state index >= 15 is 0 Å². The van der Waals surface area contributed by atoms with Gasteiger partial charge in [0.15, 0.2) is 0 Å². The Labute approximate surface area is 135 Å². The Morgan fingerprint density at radius 2 is 1.87 bits per heavy atom. The number of nitrogens with zero attached hydrogens (tertiary/aromatic N) is 1. The van der Waals surface area contributed by atoms with E-state index in [0.29, 0.717) is 18.5 Å². The van der Waals surface area contributed by atoms with E-state index in [4.69, 9.17) is 0 Å². The fourth-order valence-corrected chi connectivity index (χ4v) is 3.31. The molecule has 2 N–H and O–H groups in total. The molecule has 1 spiro atoms. The van der Waals surface area contributed by atoms with Crippen LogP contribution in [0.5, 0.6) is 0 Å². The fraction of sp³-hybridized carbons (Fsp3) is 0.471. The molecule has 0 aromatic heterocycles. The largest absolute Gasteiger partial charge is 0.325 e. The molecule has 0 unspecified atom stereocenters. The van der Waals surface area contributed by atoms with Gasteiger partial charge >= 0.3 is 6.03 Å². The van der Waals surface area contributed by atoms with Gasteiger partial charge in [0.25, 0.3) is 5.91 Å². The molecule has 1 saturated heterocycles. The molecule has 6 nitrogen and oxygen atoms in total. The lowest BCUT2D eigenvalue weighted by atomic mass is 9.98. The molecular weight excluding hydrogens is 294 g/mol. The van der Waals surface area contributed by atoms with Crippen LogP contribution in [0.1, 0.15) is 38.2 Å². The molecular formula is C17H21N3O3. The molecule has 0 atom stereocenters. The predicted molar refractivity (Wildman–Crippen MR) is 85.9 cm³/mol. The second-order valence-corrected chi connectivity index (χ2v) is 6.21. The normalized spacial score (nSPS) is 19.3. The Morgan fingerprint density at radius 1 is 1.22 bits per heavy atom. The van der Waals surface area contributed by atoms with E-state index in [1.165, 1.54) is 5.56 Å². The van der Waals surface area contributed by atoms with Gasteiger partial charge in [-0.15, -0.1) is 0 Å². The van der Waals surface area contributed by atoms with E-state index in [1.54, 1.807) is 0 Å². The van der Waals surface area contributed by atoms with Gasteiger partial charge in [0.2, 0.25) is 5.91 Å². The van der Waals surface area contributed by atoms with Crippen LogP contribution in [-0.4, -0.2) is 34.8 Å². The van der Waals surface area contributed by atoms with E-state index < -0.39 is 11.6 Å². The SMILES string of the molecule is CCc1ccc(NC(=O)CN2C(=O)NC3(CCCC3)C2=O)cc1. The Hall–Kier alpha value is -2.37. The number of urea groups is 1. The minimum absolute atomic E-state index is 0.248. The second kappa shape index (κ2) is 6.02. The van der Waals surface area contributed by atoms with Crippen LogP contribution >= 0.6 is 0 Å². The number of hydrogen-bond acceptors (Lipinski definition) is 3. The van der Waals surface area contributed by atoms with Gasteiger partial charge in [-0.3, -0.25) is 14.5 Å². The van der Waals surface area contributed by atoms with Gasteiger partial charge in [0, 0.05) is 5.69 Å². The van der Waals surface area contributed by atoms with E-state index in [9.17, 15) is 14.4 Å². The third kappa shape index (κ3) is 2.93. The molecule has 6 heteroatoms. The molecule has 0 bridgehead atoms. The Bertz CT molecular complexity index is 633. The van der Waals surface area contributed by atoms with Crippen molar-refractivity contribution in [2.24, 2.45) is 0 Å². The van der Waals surface area contributed by atoms with Crippen LogP contribution in [0.4, 0.5) is 10.5 Å². The summed E-state index contributed by atoms with van der Waals surface area (Å²) in [5.74, 6) is -0.635. The van der Waals surface area contributed by atoms with E-state index in [2.05, 4.69) is 17.6 Å². The molecule has 0 radical (unpaired) electrons. The number of carbonyl (C=O) groups is 3. The molecule has 3 rings (SSSR count). The van der Waals surface area contributed by atoms with Crippen LogP contribution in [0.15, 0.2) is 24.3 Å². The molecule has 1 aliphatic heterocycles. The van der Waals surface area contributed by atoms with Crippen molar-refractivity contribution < 1.29 is 14.4 Å². The highest BCUT2D eigenvalue weighted by atomic mass is 16.2. The number of carbonyl (C=O) groups excluding carboxylic acids is 3. The zero-order valence-corrected chi connectivity index (χ0v) is 13.2. The number of imide groups is 1. The number of amides is 4. The number of hydrogen-bond donors (Lipinski definition) is 2. The summed E-state index contributed by atoms with van der Waals surface area (Å²) in [6.45, 7) is 1.81. The maximum atomic E-state index is 12.5. The van der Waals surface area contributed by atoms with Gasteiger partial charge in [-0.1, -0.05) is 31.9 Å². The number of rotatable bonds is 4. The first-order chi connectivity index (χ1) is 11.0. The zero-order chi connectivity index (χ0) is 16.4. The van der Waals surface area contributed by atoms with Crippen molar-refractivity contribution in [2.75, 3.05) is 11.9 Å². The van der Waals surface area contributed by atoms with Crippen LogP contribution in [0.2, 0.25) is 0 Å². The van der Waals surface area contributed by atoms with Gasteiger partial charge < -0.3 is 10.6 Å².